The Morgan fingerprint density at radius 2 is 2.19 bits per heavy atom. The molecule has 0 aliphatic heterocycles. The van der Waals surface area contributed by atoms with Gasteiger partial charge >= 0.3 is 0 Å². The van der Waals surface area contributed by atoms with Crippen molar-refractivity contribution in [1.82, 2.24) is 14.3 Å². The van der Waals surface area contributed by atoms with Crippen LogP contribution < -0.4 is 4.72 Å². The first-order chi connectivity index (χ1) is 7.64. The van der Waals surface area contributed by atoms with Gasteiger partial charge in [0.15, 0.2) is 0 Å². The maximum absolute atomic E-state index is 11.1. The van der Waals surface area contributed by atoms with Gasteiger partial charge < -0.3 is 9.67 Å². The second-order valence-corrected chi connectivity index (χ2v) is 5.37. The molecule has 0 saturated carbocycles. The van der Waals surface area contributed by atoms with E-state index in [1.807, 2.05) is 10.8 Å². The minimum Gasteiger partial charge on any atom is -0.395 e. The number of sulfonamides is 1. The van der Waals surface area contributed by atoms with Gasteiger partial charge in [-0.3, -0.25) is 0 Å². The third kappa shape index (κ3) is 5.24. The summed E-state index contributed by atoms with van der Waals surface area (Å²) in [6.07, 6.45) is 6.97. The van der Waals surface area contributed by atoms with Crippen molar-refractivity contribution in [2.24, 2.45) is 0 Å². The van der Waals surface area contributed by atoms with E-state index in [1.54, 1.807) is 12.5 Å². The number of aliphatic hydroxyl groups excluding tert-OH is 1. The molecule has 0 amide bonds. The molecule has 0 aromatic carbocycles. The van der Waals surface area contributed by atoms with Gasteiger partial charge in [0.2, 0.25) is 10.0 Å². The zero-order valence-electron chi connectivity index (χ0n) is 9.04. The number of aryl methyl sites for hydroxylation is 1. The fourth-order valence-electron chi connectivity index (χ4n) is 1.26. The van der Waals surface area contributed by atoms with Crippen LogP contribution in [-0.2, 0) is 16.6 Å². The van der Waals surface area contributed by atoms with Crippen LogP contribution >= 0.6 is 0 Å². The van der Waals surface area contributed by atoms with Crippen LogP contribution in [0.5, 0.6) is 0 Å². The SMILES string of the molecule is O=S(=O)(CCO)NCCCCn1ccnc1. The van der Waals surface area contributed by atoms with Crippen LogP contribution in [-0.4, -0.2) is 42.0 Å². The first kappa shape index (κ1) is 13.1. The zero-order chi connectivity index (χ0) is 11.9. The van der Waals surface area contributed by atoms with Crippen LogP contribution in [0.25, 0.3) is 0 Å². The molecule has 0 aliphatic carbocycles. The number of hydrogen-bond acceptors (Lipinski definition) is 4. The monoisotopic (exact) mass is 247 g/mol. The van der Waals surface area contributed by atoms with Gasteiger partial charge in [0.25, 0.3) is 0 Å². The number of nitrogens with one attached hydrogen (secondary N) is 1. The highest BCUT2D eigenvalue weighted by molar-refractivity contribution is 7.89. The predicted molar refractivity (Wildman–Crippen MR) is 60.3 cm³/mol. The Labute approximate surface area is 95.4 Å². The van der Waals surface area contributed by atoms with Crippen molar-refractivity contribution in [3.05, 3.63) is 18.7 Å². The number of aromatic nitrogens is 2. The molecule has 0 saturated heterocycles. The lowest BCUT2D eigenvalue weighted by Crippen LogP contribution is -2.28. The van der Waals surface area contributed by atoms with Gasteiger partial charge in [-0.2, -0.15) is 0 Å². The second kappa shape index (κ2) is 6.62. The van der Waals surface area contributed by atoms with Crippen LogP contribution in [0.15, 0.2) is 18.7 Å². The van der Waals surface area contributed by atoms with Crippen molar-refractivity contribution in [3.8, 4) is 0 Å². The lowest BCUT2D eigenvalue weighted by Gasteiger charge is -2.05. The Morgan fingerprint density at radius 3 is 2.81 bits per heavy atom. The van der Waals surface area contributed by atoms with Gasteiger partial charge in [0.05, 0.1) is 18.7 Å². The number of hydrogen-bond donors (Lipinski definition) is 2. The van der Waals surface area contributed by atoms with E-state index >= 15 is 0 Å². The van der Waals surface area contributed by atoms with Gasteiger partial charge in [0.1, 0.15) is 0 Å². The average Bonchev–Trinajstić information content (AvgIpc) is 2.69. The smallest absolute Gasteiger partial charge is 0.213 e. The van der Waals surface area contributed by atoms with Gasteiger partial charge in [-0.05, 0) is 12.8 Å². The van der Waals surface area contributed by atoms with E-state index in [0.29, 0.717) is 6.54 Å². The maximum atomic E-state index is 11.1. The third-order valence-corrected chi connectivity index (χ3v) is 3.45. The van der Waals surface area contributed by atoms with Crippen LogP contribution in [0.4, 0.5) is 0 Å². The summed E-state index contributed by atoms with van der Waals surface area (Å²) in [6, 6.07) is 0. The zero-order valence-corrected chi connectivity index (χ0v) is 9.86. The second-order valence-electron chi connectivity index (χ2n) is 3.44. The highest BCUT2D eigenvalue weighted by Gasteiger charge is 2.07. The van der Waals surface area contributed by atoms with E-state index in [4.69, 9.17) is 5.11 Å². The Morgan fingerprint density at radius 1 is 1.38 bits per heavy atom. The fraction of sp³-hybridized carbons (Fsp3) is 0.667. The van der Waals surface area contributed by atoms with E-state index in [1.165, 1.54) is 0 Å². The van der Waals surface area contributed by atoms with Crippen molar-refractivity contribution in [2.75, 3.05) is 18.9 Å². The van der Waals surface area contributed by atoms with E-state index in [2.05, 4.69) is 9.71 Å². The van der Waals surface area contributed by atoms with Crippen molar-refractivity contribution >= 4 is 10.0 Å². The summed E-state index contributed by atoms with van der Waals surface area (Å²) in [6.45, 7) is 0.906. The molecule has 1 rings (SSSR count). The Balaban J connectivity index is 2.08. The van der Waals surface area contributed by atoms with Crippen molar-refractivity contribution in [3.63, 3.8) is 0 Å². The quantitative estimate of drug-likeness (QED) is 0.611. The molecule has 1 aromatic rings. The molecule has 6 nitrogen and oxygen atoms in total. The van der Waals surface area contributed by atoms with Crippen LogP contribution in [0.2, 0.25) is 0 Å². The third-order valence-electron chi connectivity index (χ3n) is 2.08. The number of aliphatic hydroxyl groups is 1. The lowest BCUT2D eigenvalue weighted by molar-refractivity contribution is 0.319. The van der Waals surface area contributed by atoms with Crippen molar-refractivity contribution in [2.45, 2.75) is 19.4 Å². The Hall–Kier alpha value is -0.920. The maximum Gasteiger partial charge on any atom is 0.213 e. The number of unbranched alkanes of at least 4 members (excludes halogenated alkanes) is 1. The summed E-state index contributed by atoms with van der Waals surface area (Å²) in [5.74, 6) is -0.228. The molecule has 0 bridgehead atoms. The normalized spacial score (nSPS) is 11.8. The average molecular weight is 247 g/mol. The first-order valence-corrected chi connectivity index (χ1v) is 6.83. The number of imidazole rings is 1. The molecular weight excluding hydrogens is 230 g/mol. The van der Waals surface area contributed by atoms with Gasteiger partial charge in [-0.25, -0.2) is 18.1 Å². The molecule has 0 radical (unpaired) electrons. The van der Waals surface area contributed by atoms with E-state index in [0.717, 1.165) is 19.4 Å². The summed E-state index contributed by atoms with van der Waals surface area (Å²) in [5.41, 5.74) is 0. The van der Waals surface area contributed by atoms with Crippen LogP contribution in [0.3, 0.4) is 0 Å². The summed E-state index contributed by atoms with van der Waals surface area (Å²) in [7, 11) is -3.29. The molecule has 92 valence electrons. The molecule has 0 fully saturated rings. The summed E-state index contributed by atoms with van der Waals surface area (Å²) in [5, 5.41) is 8.50. The van der Waals surface area contributed by atoms with Gasteiger partial charge in [0, 0.05) is 25.5 Å². The predicted octanol–water partition coefficient (Wildman–Crippen LogP) is -0.425. The molecule has 0 atom stereocenters. The minimum absolute atomic E-state index is 0.228. The summed E-state index contributed by atoms with van der Waals surface area (Å²) >= 11 is 0. The summed E-state index contributed by atoms with van der Waals surface area (Å²) in [4.78, 5) is 3.91. The highest BCUT2D eigenvalue weighted by Crippen LogP contribution is 1.95. The van der Waals surface area contributed by atoms with E-state index in [-0.39, 0.29) is 12.4 Å². The molecule has 0 unspecified atom stereocenters. The van der Waals surface area contributed by atoms with Crippen LogP contribution in [0.1, 0.15) is 12.8 Å². The fourth-order valence-corrected chi connectivity index (χ4v) is 2.10. The Kier molecular flexibility index (Phi) is 5.44. The molecule has 2 N–H and O–H groups in total. The molecule has 0 spiro atoms. The highest BCUT2D eigenvalue weighted by atomic mass is 32.2. The largest absolute Gasteiger partial charge is 0.395 e. The number of nitrogens with zero attached hydrogens (tertiary/aromatic N) is 2. The molecule has 7 heteroatoms. The topological polar surface area (TPSA) is 84.2 Å². The summed E-state index contributed by atoms with van der Waals surface area (Å²) < 4.78 is 26.6. The standard InChI is InChI=1S/C9H17N3O3S/c13-7-8-16(14,15)11-3-1-2-5-12-6-4-10-9-12/h4,6,9,11,13H,1-3,5,7-8H2. The lowest BCUT2D eigenvalue weighted by atomic mass is 10.3. The molecular formula is C9H17N3O3S. The minimum atomic E-state index is -3.29. The van der Waals surface area contributed by atoms with Crippen molar-refractivity contribution < 1.29 is 13.5 Å². The molecule has 16 heavy (non-hydrogen) atoms. The molecule has 1 aromatic heterocycles. The van der Waals surface area contributed by atoms with Gasteiger partial charge in [-0.1, -0.05) is 0 Å². The van der Waals surface area contributed by atoms with E-state index in [9.17, 15) is 8.42 Å². The van der Waals surface area contributed by atoms with Gasteiger partial charge in [-0.15, -0.1) is 0 Å². The Bertz CT molecular complexity index is 375. The molecule has 0 aliphatic rings. The van der Waals surface area contributed by atoms with Crippen molar-refractivity contribution in [1.29, 1.82) is 0 Å². The molecule has 1 heterocycles. The van der Waals surface area contributed by atoms with Crippen LogP contribution in [0, 0.1) is 0 Å². The van der Waals surface area contributed by atoms with E-state index < -0.39 is 10.0 Å². The number of rotatable bonds is 8. The first-order valence-electron chi connectivity index (χ1n) is 5.18.